The predicted molar refractivity (Wildman–Crippen MR) is 69.2 cm³/mol. The molecule has 1 heterocycles. The van der Waals surface area contributed by atoms with E-state index in [9.17, 15) is 0 Å². The van der Waals surface area contributed by atoms with Crippen LogP contribution in [0.25, 0.3) is 11.0 Å². The lowest BCUT2D eigenvalue weighted by atomic mass is 10.2. The van der Waals surface area contributed by atoms with Crippen molar-refractivity contribution in [2.24, 2.45) is 5.92 Å². The lowest BCUT2D eigenvalue weighted by Crippen LogP contribution is -2.01. The van der Waals surface area contributed by atoms with E-state index in [-0.39, 0.29) is 6.61 Å². The summed E-state index contributed by atoms with van der Waals surface area (Å²) in [7, 11) is 0. The van der Waals surface area contributed by atoms with Gasteiger partial charge in [-0.1, -0.05) is 28.7 Å². The van der Waals surface area contributed by atoms with Gasteiger partial charge in [0.05, 0.1) is 10.5 Å². The number of hydrogen-bond donors (Lipinski definition) is 1. The Morgan fingerprint density at radius 2 is 2.28 bits per heavy atom. The molecule has 0 saturated heterocycles. The summed E-state index contributed by atoms with van der Waals surface area (Å²) in [6.07, 6.45) is 2.55. The van der Waals surface area contributed by atoms with Crippen molar-refractivity contribution in [3.8, 4) is 11.8 Å². The monoisotopic (exact) mass is 261 g/mol. The molecule has 1 aliphatic carbocycles. The molecule has 92 valence electrons. The van der Waals surface area contributed by atoms with Gasteiger partial charge in [-0.15, -0.1) is 5.10 Å². The van der Waals surface area contributed by atoms with Crippen molar-refractivity contribution in [3.63, 3.8) is 0 Å². The molecule has 0 amide bonds. The summed E-state index contributed by atoms with van der Waals surface area (Å²) in [4.78, 5) is 0. The number of halogens is 1. The zero-order chi connectivity index (χ0) is 12.5. The minimum Gasteiger partial charge on any atom is -0.384 e. The first kappa shape index (κ1) is 11.5. The number of rotatable bonds is 2. The molecule has 3 rings (SSSR count). The van der Waals surface area contributed by atoms with Crippen molar-refractivity contribution in [1.82, 2.24) is 15.0 Å². The molecule has 1 N–H and O–H groups in total. The van der Waals surface area contributed by atoms with Gasteiger partial charge in [0.1, 0.15) is 12.1 Å². The van der Waals surface area contributed by atoms with Gasteiger partial charge >= 0.3 is 0 Å². The quantitative estimate of drug-likeness (QED) is 0.840. The van der Waals surface area contributed by atoms with Crippen LogP contribution >= 0.6 is 11.6 Å². The van der Waals surface area contributed by atoms with Gasteiger partial charge in [0.2, 0.25) is 0 Å². The third kappa shape index (κ3) is 2.07. The molecule has 1 saturated carbocycles. The maximum absolute atomic E-state index is 8.69. The molecule has 1 fully saturated rings. The van der Waals surface area contributed by atoms with E-state index in [0.29, 0.717) is 16.1 Å². The zero-order valence-electron chi connectivity index (χ0n) is 9.73. The number of aliphatic hydroxyl groups excluding tert-OH is 1. The Bertz CT molecular complexity index is 649. The van der Waals surface area contributed by atoms with Crippen LogP contribution in [0.4, 0.5) is 0 Å². The molecule has 18 heavy (non-hydrogen) atoms. The van der Waals surface area contributed by atoms with Gasteiger partial charge in [-0.3, -0.25) is 0 Å². The van der Waals surface area contributed by atoms with Gasteiger partial charge in [-0.2, -0.15) is 0 Å². The molecule has 0 aliphatic heterocycles. The Kier molecular flexibility index (Phi) is 2.94. The fourth-order valence-electron chi connectivity index (χ4n) is 1.92. The average Bonchev–Trinajstić information content (AvgIpc) is 3.09. The molecule has 1 aliphatic rings. The first-order valence-electron chi connectivity index (χ1n) is 5.91. The van der Waals surface area contributed by atoms with Gasteiger partial charge in [0.15, 0.2) is 0 Å². The smallest absolute Gasteiger partial charge is 0.133 e. The van der Waals surface area contributed by atoms with Gasteiger partial charge in [0, 0.05) is 12.1 Å². The highest BCUT2D eigenvalue weighted by atomic mass is 35.5. The van der Waals surface area contributed by atoms with E-state index in [0.717, 1.165) is 18.0 Å². The zero-order valence-corrected chi connectivity index (χ0v) is 10.5. The Morgan fingerprint density at radius 3 is 3.00 bits per heavy atom. The number of aliphatic hydroxyl groups is 1. The van der Waals surface area contributed by atoms with Crippen LogP contribution in [0.3, 0.4) is 0 Å². The SMILES string of the molecule is OCC#Cc1ccc2c(nnn2CC2CC2)c1Cl. The van der Waals surface area contributed by atoms with E-state index in [4.69, 9.17) is 16.7 Å². The molecule has 0 unspecified atom stereocenters. The van der Waals surface area contributed by atoms with Crippen LogP contribution in [0.1, 0.15) is 18.4 Å². The lowest BCUT2D eigenvalue weighted by Gasteiger charge is -2.01. The topological polar surface area (TPSA) is 50.9 Å². The molecule has 2 aromatic rings. The minimum absolute atomic E-state index is 0.178. The fraction of sp³-hybridized carbons (Fsp3) is 0.385. The van der Waals surface area contributed by atoms with Crippen molar-refractivity contribution in [3.05, 3.63) is 22.7 Å². The average molecular weight is 262 g/mol. The number of fused-ring (bicyclic) bond motifs is 1. The molecule has 1 aromatic heterocycles. The molecule has 0 spiro atoms. The van der Waals surface area contributed by atoms with Crippen LogP contribution in [0.5, 0.6) is 0 Å². The van der Waals surface area contributed by atoms with Crippen molar-refractivity contribution in [1.29, 1.82) is 0 Å². The normalized spacial score (nSPS) is 14.6. The van der Waals surface area contributed by atoms with E-state index in [1.807, 2.05) is 16.8 Å². The molecule has 0 atom stereocenters. The Balaban J connectivity index is 2.04. The molecule has 4 nitrogen and oxygen atoms in total. The second-order valence-electron chi connectivity index (χ2n) is 4.47. The molecule has 1 aromatic carbocycles. The van der Waals surface area contributed by atoms with Crippen LogP contribution in [0.2, 0.25) is 5.02 Å². The Hall–Kier alpha value is -1.57. The minimum atomic E-state index is -0.178. The van der Waals surface area contributed by atoms with Crippen molar-refractivity contribution in [2.75, 3.05) is 6.61 Å². The molecular formula is C13H12ClN3O. The Labute approximate surface area is 110 Å². The molecule has 0 bridgehead atoms. The summed E-state index contributed by atoms with van der Waals surface area (Å²) < 4.78 is 1.90. The van der Waals surface area contributed by atoms with Crippen LogP contribution < -0.4 is 0 Å². The van der Waals surface area contributed by atoms with E-state index < -0.39 is 0 Å². The Morgan fingerprint density at radius 1 is 1.44 bits per heavy atom. The van der Waals surface area contributed by atoms with E-state index >= 15 is 0 Å². The van der Waals surface area contributed by atoms with E-state index in [1.54, 1.807) is 0 Å². The summed E-state index contributed by atoms with van der Waals surface area (Å²) in [5.41, 5.74) is 2.31. The lowest BCUT2D eigenvalue weighted by molar-refractivity contribution is 0.350. The standard InChI is InChI=1S/C13H12ClN3O/c14-12-10(2-1-7-18)5-6-11-13(12)15-16-17(11)8-9-3-4-9/h5-6,9,18H,3-4,7-8H2. The van der Waals surface area contributed by atoms with Gasteiger partial charge in [-0.05, 0) is 30.9 Å². The highest BCUT2D eigenvalue weighted by molar-refractivity contribution is 6.36. The summed E-state index contributed by atoms with van der Waals surface area (Å²) in [6.45, 7) is 0.733. The van der Waals surface area contributed by atoms with Crippen LogP contribution in [-0.2, 0) is 6.54 Å². The number of nitrogens with zero attached hydrogens (tertiary/aromatic N) is 3. The molecule has 5 heteroatoms. The number of hydrogen-bond acceptors (Lipinski definition) is 3. The first-order valence-corrected chi connectivity index (χ1v) is 6.29. The number of benzene rings is 1. The van der Waals surface area contributed by atoms with Crippen LogP contribution in [0.15, 0.2) is 12.1 Å². The summed E-state index contributed by atoms with van der Waals surface area (Å²) in [5, 5.41) is 17.5. The highest BCUT2D eigenvalue weighted by Gasteiger charge is 2.23. The van der Waals surface area contributed by atoms with Crippen LogP contribution in [-0.4, -0.2) is 26.7 Å². The van der Waals surface area contributed by atoms with Gasteiger partial charge < -0.3 is 5.11 Å². The van der Waals surface area contributed by atoms with Crippen LogP contribution in [0, 0.1) is 17.8 Å². The molecular weight excluding hydrogens is 250 g/mol. The second-order valence-corrected chi connectivity index (χ2v) is 4.85. The van der Waals surface area contributed by atoms with Crippen molar-refractivity contribution < 1.29 is 5.11 Å². The maximum atomic E-state index is 8.69. The van der Waals surface area contributed by atoms with Gasteiger partial charge in [0.25, 0.3) is 0 Å². The van der Waals surface area contributed by atoms with Gasteiger partial charge in [-0.25, -0.2) is 4.68 Å². The van der Waals surface area contributed by atoms with E-state index in [1.165, 1.54) is 12.8 Å². The number of aromatic nitrogens is 3. The fourth-order valence-corrected chi connectivity index (χ4v) is 2.16. The first-order chi connectivity index (χ1) is 8.79. The summed E-state index contributed by atoms with van der Waals surface area (Å²) in [6, 6.07) is 3.78. The van der Waals surface area contributed by atoms with Crippen molar-refractivity contribution in [2.45, 2.75) is 19.4 Å². The third-order valence-electron chi connectivity index (χ3n) is 3.06. The predicted octanol–water partition coefficient (Wildman–Crippen LogP) is 1.84. The van der Waals surface area contributed by atoms with E-state index in [2.05, 4.69) is 22.2 Å². The summed E-state index contributed by atoms with van der Waals surface area (Å²) >= 11 is 6.24. The third-order valence-corrected chi connectivity index (χ3v) is 3.44. The maximum Gasteiger partial charge on any atom is 0.133 e. The molecule has 0 radical (unpaired) electrons. The summed E-state index contributed by atoms with van der Waals surface area (Å²) in [5.74, 6) is 6.13. The second kappa shape index (κ2) is 4.60. The highest BCUT2D eigenvalue weighted by Crippen LogP contribution is 2.32. The largest absolute Gasteiger partial charge is 0.384 e. The van der Waals surface area contributed by atoms with Crippen molar-refractivity contribution >= 4 is 22.6 Å².